The van der Waals surface area contributed by atoms with E-state index in [0.29, 0.717) is 12.8 Å². The Balaban J connectivity index is 1.94. The molecule has 1 saturated carbocycles. The summed E-state index contributed by atoms with van der Waals surface area (Å²) in [5.41, 5.74) is -0.775. The van der Waals surface area contributed by atoms with E-state index >= 15 is 0 Å². The molecule has 6 heteroatoms. The average Bonchev–Trinajstić information content (AvgIpc) is 2.87. The van der Waals surface area contributed by atoms with E-state index in [4.69, 9.17) is 0 Å². The van der Waals surface area contributed by atoms with E-state index in [9.17, 15) is 23.8 Å². The highest BCUT2D eigenvalue weighted by Gasteiger charge is 2.34. The minimum absolute atomic E-state index is 0.0121. The molecule has 2 rings (SSSR count). The molecule has 0 aromatic heterocycles. The molecule has 2 atom stereocenters. The predicted molar refractivity (Wildman–Crippen MR) is 77.0 cm³/mol. The Morgan fingerprint density at radius 1 is 1.32 bits per heavy atom. The lowest BCUT2D eigenvalue weighted by atomic mass is 9.97. The van der Waals surface area contributed by atoms with Crippen LogP contribution in [-0.4, -0.2) is 27.8 Å². The number of nitrogens with one attached hydrogen (secondary N) is 1. The van der Waals surface area contributed by atoms with Crippen LogP contribution in [0.2, 0.25) is 0 Å². The summed E-state index contributed by atoms with van der Waals surface area (Å²) in [6.45, 7) is 1.57. The molecule has 0 aliphatic heterocycles. The third kappa shape index (κ3) is 4.01. The van der Waals surface area contributed by atoms with Gasteiger partial charge < -0.3 is 15.5 Å². The van der Waals surface area contributed by atoms with Crippen LogP contribution in [0.4, 0.5) is 8.78 Å². The second-order valence-corrected chi connectivity index (χ2v) is 6.08. The first-order chi connectivity index (χ1) is 10.3. The van der Waals surface area contributed by atoms with Crippen LogP contribution in [0.1, 0.15) is 50.7 Å². The average molecular weight is 313 g/mol. The van der Waals surface area contributed by atoms with E-state index in [1.54, 1.807) is 6.92 Å². The summed E-state index contributed by atoms with van der Waals surface area (Å²) in [7, 11) is 0. The SMILES string of the molecule is CC(NC(=O)CC1(O)CCCC1)C(O)c1ccc(F)c(F)c1. The van der Waals surface area contributed by atoms with Gasteiger partial charge in [-0.2, -0.15) is 0 Å². The van der Waals surface area contributed by atoms with Crippen molar-refractivity contribution in [3.63, 3.8) is 0 Å². The lowest BCUT2D eigenvalue weighted by Gasteiger charge is -2.25. The van der Waals surface area contributed by atoms with Crippen molar-refractivity contribution in [2.75, 3.05) is 0 Å². The van der Waals surface area contributed by atoms with Gasteiger partial charge in [0.2, 0.25) is 5.91 Å². The number of halogens is 2. The van der Waals surface area contributed by atoms with E-state index in [1.165, 1.54) is 6.07 Å². The summed E-state index contributed by atoms with van der Waals surface area (Å²) in [5.74, 6) is -2.40. The Hall–Kier alpha value is -1.53. The number of amides is 1. The molecule has 1 amide bonds. The van der Waals surface area contributed by atoms with Gasteiger partial charge in [0, 0.05) is 0 Å². The molecule has 0 radical (unpaired) electrons. The van der Waals surface area contributed by atoms with Crippen molar-refractivity contribution >= 4 is 5.91 Å². The first-order valence-corrected chi connectivity index (χ1v) is 7.45. The molecule has 1 aliphatic carbocycles. The molecule has 1 aromatic carbocycles. The number of hydrogen-bond donors (Lipinski definition) is 3. The summed E-state index contributed by atoms with van der Waals surface area (Å²) in [4.78, 5) is 12.0. The molecule has 1 aliphatic rings. The molecule has 0 saturated heterocycles. The summed E-state index contributed by atoms with van der Waals surface area (Å²) < 4.78 is 26.1. The molecule has 1 aromatic rings. The van der Waals surface area contributed by atoms with Gasteiger partial charge in [-0.15, -0.1) is 0 Å². The van der Waals surface area contributed by atoms with Gasteiger partial charge in [-0.3, -0.25) is 4.79 Å². The normalized spacial score (nSPS) is 19.7. The van der Waals surface area contributed by atoms with Gasteiger partial charge in [-0.1, -0.05) is 18.9 Å². The first-order valence-electron chi connectivity index (χ1n) is 7.45. The van der Waals surface area contributed by atoms with Crippen molar-refractivity contribution in [1.82, 2.24) is 5.32 Å². The lowest BCUT2D eigenvalue weighted by molar-refractivity contribution is -0.127. The lowest BCUT2D eigenvalue weighted by Crippen LogP contribution is -2.41. The van der Waals surface area contributed by atoms with Crippen LogP contribution in [0.25, 0.3) is 0 Å². The van der Waals surface area contributed by atoms with Gasteiger partial charge in [-0.05, 0) is 37.5 Å². The highest BCUT2D eigenvalue weighted by molar-refractivity contribution is 5.77. The van der Waals surface area contributed by atoms with Crippen molar-refractivity contribution in [1.29, 1.82) is 0 Å². The summed E-state index contributed by atoms with van der Waals surface area (Å²) in [5, 5.41) is 22.9. The number of carbonyl (C=O) groups is 1. The standard InChI is InChI=1S/C16H21F2NO3/c1-10(15(21)11-4-5-12(17)13(18)8-11)19-14(20)9-16(22)6-2-3-7-16/h4-5,8,10,15,21-22H,2-3,6-7,9H2,1H3,(H,19,20). The van der Waals surface area contributed by atoms with Crippen LogP contribution in [0.5, 0.6) is 0 Å². The number of carbonyl (C=O) groups excluding carboxylic acids is 1. The van der Waals surface area contributed by atoms with Crippen LogP contribution < -0.4 is 5.32 Å². The third-order valence-corrected chi connectivity index (χ3v) is 4.17. The van der Waals surface area contributed by atoms with Crippen molar-refractivity contribution in [3.05, 3.63) is 35.4 Å². The molecule has 4 nitrogen and oxygen atoms in total. The molecule has 0 spiro atoms. The Morgan fingerprint density at radius 3 is 2.55 bits per heavy atom. The third-order valence-electron chi connectivity index (χ3n) is 4.17. The molecule has 3 N–H and O–H groups in total. The molecule has 2 unspecified atom stereocenters. The highest BCUT2D eigenvalue weighted by atomic mass is 19.2. The Labute approximate surface area is 128 Å². The number of aliphatic hydroxyl groups excluding tert-OH is 1. The van der Waals surface area contributed by atoms with Crippen LogP contribution in [0, 0.1) is 11.6 Å². The van der Waals surface area contributed by atoms with Crippen LogP contribution in [0.15, 0.2) is 18.2 Å². The minimum atomic E-state index is -1.16. The van der Waals surface area contributed by atoms with E-state index in [0.717, 1.165) is 25.0 Å². The van der Waals surface area contributed by atoms with E-state index in [-0.39, 0.29) is 17.9 Å². The van der Waals surface area contributed by atoms with Crippen molar-refractivity contribution in [3.8, 4) is 0 Å². The van der Waals surface area contributed by atoms with Gasteiger partial charge in [0.1, 0.15) is 0 Å². The summed E-state index contributed by atoms with van der Waals surface area (Å²) in [6, 6.07) is 2.44. The van der Waals surface area contributed by atoms with Gasteiger partial charge in [0.25, 0.3) is 0 Å². The predicted octanol–water partition coefficient (Wildman–Crippen LogP) is 2.20. The van der Waals surface area contributed by atoms with Gasteiger partial charge in [0.15, 0.2) is 11.6 Å². The zero-order valence-corrected chi connectivity index (χ0v) is 12.5. The molecule has 0 bridgehead atoms. The van der Waals surface area contributed by atoms with Crippen molar-refractivity contribution < 1.29 is 23.8 Å². The molecular formula is C16H21F2NO3. The zero-order chi connectivity index (χ0) is 16.3. The van der Waals surface area contributed by atoms with Gasteiger partial charge in [0.05, 0.1) is 24.2 Å². The maximum atomic E-state index is 13.2. The van der Waals surface area contributed by atoms with E-state index in [2.05, 4.69) is 5.32 Å². The zero-order valence-electron chi connectivity index (χ0n) is 12.5. The molecular weight excluding hydrogens is 292 g/mol. The highest BCUT2D eigenvalue weighted by Crippen LogP contribution is 2.32. The van der Waals surface area contributed by atoms with Crippen LogP contribution in [0.3, 0.4) is 0 Å². The fourth-order valence-electron chi connectivity index (χ4n) is 2.88. The monoisotopic (exact) mass is 313 g/mol. The van der Waals surface area contributed by atoms with Gasteiger partial charge >= 0.3 is 0 Å². The quantitative estimate of drug-likeness (QED) is 0.780. The smallest absolute Gasteiger partial charge is 0.223 e. The summed E-state index contributed by atoms with van der Waals surface area (Å²) in [6.07, 6.45) is 1.83. The number of benzene rings is 1. The van der Waals surface area contributed by atoms with Crippen molar-refractivity contribution in [2.45, 2.75) is 56.8 Å². The fraction of sp³-hybridized carbons (Fsp3) is 0.562. The van der Waals surface area contributed by atoms with E-state index in [1.807, 2.05) is 0 Å². The maximum Gasteiger partial charge on any atom is 0.223 e. The molecule has 122 valence electrons. The second-order valence-electron chi connectivity index (χ2n) is 6.08. The molecule has 0 heterocycles. The van der Waals surface area contributed by atoms with E-state index < -0.39 is 29.4 Å². The summed E-state index contributed by atoms with van der Waals surface area (Å²) >= 11 is 0. The Morgan fingerprint density at radius 2 is 1.95 bits per heavy atom. The minimum Gasteiger partial charge on any atom is -0.389 e. The fourth-order valence-corrected chi connectivity index (χ4v) is 2.88. The Kier molecular flexibility index (Phi) is 5.13. The Bertz CT molecular complexity index is 544. The van der Waals surface area contributed by atoms with Crippen LogP contribution in [-0.2, 0) is 4.79 Å². The first kappa shape index (κ1) is 16.8. The van der Waals surface area contributed by atoms with Crippen molar-refractivity contribution in [2.24, 2.45) is 0 Å². The number of rotatable bonds is 5. The second kappa shape index (κ2) is 6.71. The number of aliphatic hydroxyl groups is 2. The molecule has 1 fully saturated rings. The number of hydrogen-bond acceptors (Lipinski definition) is 3. The molecule has 22 heavy (non-hydrogen) atoms. The van der Waals surface area contributed by atoms with Crippen LogP contribution >= 0.6 is 0 Å². The maximum absolute atomic E-state index is 13.2. The van der Waals surface area contributed by atoms with Gasteiger partial charge in [-0.25, -0.2) is 8.78 Å². The topological polar surface area (TPSA) is 69.6 Å². The largest absolute Gasteiger partial charge is 0.389 e.